The van der Waals surface area contributed by atoms with Gasteiger partial charge in [-0.05, 0) is 42.3 Å². The molecule has 2 N–H and O–H groups in total. The number of hydrogen-bond acceptors (Lipinski definition) is 2. The summed E-state index contributed by atoms with van der Waals surface area (Å²) < 4.78 is 1.07. The molecule has 0 spiro atoms. The molecule has 0 heterocycles. The lowest BCUT2D eigenvalue weighted by Gasteiger charge is -2.12. The van der Waals surface area contributed by atoms with Gasteiger partial charge in [0.15, 0.2) is 0 Å². The molecule has 0 aliphatic heterocycles. The van der Waals surface area contributed by atoms with E-state index in [-0.39, 0.29) is 5.91 Å². The molecule has 3 nitrogen and oxygen atoms in total. The molecule has 0 atom stereocenters. The Balaban J connectivity index is 2.08. The van der Waals surface area contributed by atoms with Gasteiger partial charge in [0.1, 0.15) is 0 Å². The Kier molecular flexibility index (Phi) is 4.79. The molecule has 0 saturated carbocycles. The molecule has 2 aromatic carbocycles. The maximum Gasteiger partial charge on any atom is 0.221 e. The summed E-state index contributed by atoms with van der Waals surface area (Å²) in [5.74, 6) is -0.0623. The van der Waals surface area contributed by atoms with Crippen molar-refractivity contribution in [2.24, 2.45) is 0 Å². The Bertz CT molecular complexity index is 608. The fraction of sp³-hybridized carbons (Fsp3) is 0.188. The average Bonchev–Trinajstić information content (AvgIpc) is 2.40. The van der Waals surface area contributed by atoms with Crippen LogP contribution in [0.4, 0.5) is 11.4 Å². The van der Waals surface area contributed by atoms with Gasteiger partial charge in [0.05, 0.1) is 0 Å². The summed E-state index contributed by atoms with van der Waals surface area (Å²) in [6.45, 7) is 4.30. The van der Waals surface area contributed by atoms with E-state index in [1.165, 1.54) is 12.5 Å². The fourth-order valence-corrected chi connectivity index (χ4v) is 2.16. The first-order chi connectivity index (χ1) is 9.54. The molecule has 4 heteroatoms. The molecule has 0 bridgehead atoms. The number of benzene rings is 2. The zero-order chi connectivity index (χ0) is 14.5. The van der Waals surface area contributed by atoms with Crippen molar-refractivity contribution in [2.45, 2.75) is 20.4 Å². The molecule has 0 fully saturated rings. The van der Waals surface area contributed by atoms with E-state index in [2.05, 4.69) is 38.7 Å². The van der Waals surface area contributed by atoms with Crippen molar-refractivity contribution in [3.05, 3.63) is 58.1 Å². The first-order valence-corrected chi connectivity index (χ1v) is 7.20. The van der Waals surface area contributed by atoms with Crippen LogP contribution in [-0.4, -0.2) is 5.91 Å². The van der Waals surface area contributed by atoms with Crippen molar-refractivity contribution in [2.75, 3.05) is 10.6 Å². The predicted molar refractivity (Wildman–Crippen MR) is 87.0 cm³/mol. The second-order valence-electron chi connectivity index (χ2n) is 4.69. The van der Waals surface area contributed by atoms with Crippen molar-refractivity contribution < 1.29 is 4.79 Å². The molecular formula is C16H17BrN2O. The number of rotatable bonds is 4. The van der Waals surface area contributed by atoms with E-state index in [9.17, 15) is 4.79 Å². The first kappa shape index (κ1) is 14.6. The lowest BCUT2D eigenvalue weighted by molar-refractivity contribution is -0.114. The normalized spacial score (nSPS) is 10.2. The van der Waals surface area contributed by atoms with E-state index >= 15 is 0 Å². The number of aryl methyl sites for hydroxylation is 1. The molecular weight excluding hydrogens is 316 g/mol. The van der Waals surface area contributed by atoms with Gasteiger partial charge >= 0.3 is 0 Å². The van der Waals surface area contributed by atoms with E-state index in [4.69, 9.17) is 0 Å². The Morgan fingerprint density at radius 3 is 2.50 bits per heavy atom. The molecule has 0 aliphatic carbocycles. The summed E-state index contributed by atoms with van der Waals surface area (Å²) in [5.41, 5.74) is 4.19. The fourth-order valence-electron chi connectivity index (χ4n) is 1.89. The third kappa shape index (κ3) is 4.10. The summed E-state index contributed by atoms with van der Waals surface area (Å²) in [4.78, 5) is 11.1. The van der Waals surface area contributed by atoms with Gasteiger partial charge < -0.3 is 10.6 Å². The number of carbonyl (C=O) groups excluding carboxylic acids is 1. The number of carbonyl (C=O) groups is 1. The van der Waals surface area contributed by atoms with Crippen LogP contribution in [0.5, 0.6) is 0 Å². The minimum atomic E-state index is -0.0623. The molecule has 0 saturated heterocycles. The van der Waals surface area contributed by atoms with Gasteiger partial charge in [0.2, 0.25) is 5.91 Å². The maximum atomic E-state index is 11.1. The molecule has 0 aromatic heterocycles. The zero-order valence-electron chi connectivity index (χ0n) is 11.5. The highest BCUT2D eigenvalue weighted by Crippen LogP contribution is 2.21. The Hall–Kier alpha value is -1.81. The Morgan fingerprint density at radius 1 is 1.15 bits per heavy atom. The topological polar surface area (TPSA) is 41.1 Å². The van der Waals surface area contributed by atoms with Crippen LogP contribution >= 0.6 is 15.9 Å². The lowest BCUT2D eigenvalue weighted by atomic mass is 10.1. The zero-order valence-corrected chi connectivity index (χ0v) is 13.1. The third-order valence-electron chi connectivity index (χ3n) is 2.95. The molecule has 2 aromatic rings. The van der Waals surface area contributed by atoms with E-state index in [0.29, 0.717) is 0 Å². The van der Waals surface area contributed by atoms with Crippen LogP contribution in [0.1, 0.15) is 18.1 Å². The van der Waals surface area contributed by atoms with Gasteiger partial charge in [-0.1, -0.05) is 34.1 Å². The monoisotopic (exact) mass is 332 g/mol. The van der Waals surface area contributed by atoms with Gasteiger partial charge in [-0.2, -0.15) is 0 Å². The van der Waals surface area contributed by atoms with Crippen LogP contribution < -0.4 is 10.6 Å². The van der Waals surface area contributed by atoms with Crippen LogP contribution in [-0.2, 0) is 11.3 Å². The van der Waals surface area contributed by atoms with E-state index in [0.717, 1.165) is 28.0 Å². The highest BCUT2D eigenvalue weighted by Gasteiger charge is 2.02. The average molecular weight is 333 g/mol. The smallest absolute Gasteiger partial charge is 0.221 e. The number of hydrogen-bond donors (Lipinski definition) is 2. The number of nitrogens with one attached hydrogen (secondary N) is 2. The molecule has 0 aliphatic rings. The minimum Gasteiger partial charge on any atom is -0.381 e. The second-order valence-corrected chi connectivity index (χ2v) is 5.61. The number of halogens is 1. The van der Waals surface area contributed by atoms with Crippen LogP contribution in [0.25, 0.3) is 0 Å². The quantitative estimate of drug-likeness (QED) is 0.874. The summed E-state index contributed by atoms with van der Waals surface area (Å²) in [6, 6.07) is 14.1. The van der Waals surface area contributed by atoms with E-state index in [1.807, 2.05) is 37.3 Å². The molecule has 0 unspecified atom stereocenters. The SMILES string of the molecule is CC(=O)Nc1ccc(C)c(NCc2ccc(Br)cc2)c1. The van der Waals surface area contributed by atoms with Gasteiger partial charge in [-0.3, -0.25) is 4.79 Å². The van der Waals surface area contributed by atoms with Crippen molar-refractivity contribution in [3.63, 3.8) is 0 Å². The van der Waals surface area contributed by atoms with Crippen LogP contribution in [0, 0.1) is 6.92 Å². The van der Waals surface area contributed by atoms with Crippen LogP contribution in [0.2, 0.25) is 0 Å². The van der Waals surface area contributed by atoms with E-state index < -0.39 is 0 Å². The first-order valence-electron chi connectivity index (χ1n) is 6.41. The Morgan fingerprint density at radius 2 is 1.85 bits per heavy atom. The Labute approximate surface area is 127 Å². The van der Waals surface area contributed by atoms with Crippen molar-refractivity contribution >= 4 is 33.2 Å². The van der Waals surface area contributed by atoms with Gasteiger partial charge in [0, 0.05) is 29.3 Å². The van der Waals surface area contributed by atoms with Crippen molar-refractivity contribution in [1.82, 2.24) is 0 Å². The molecule has 20 heavy (non-hydrogen) atoms. The second kappa shape index (κ2) is 6.57. The summed E-state index contributed by atoms with van der Waals surface area (Å²) >= 11 is 3.42. The van der Waals surface area contributed by atoms with Crippen molar-refractivity contribution in [3.8, 4) is 0 Å². The minimum absolute atomic E-state index is 0.0623. The highest BCUT2D eigenvalue weighted by molar-refractivity contribution is 9.10. The molecule has 2 rings (SSSR count). The molecule has 104 valence electrons. The summed E-state index contributed by atoms with van der Waals surface area (Å²) in [5, 5.41) is 6.19. The summed E-state index contributed by atoms with van der Waals surface area (Å²) in [7, 11) is 0. The lowest BCUT2D eigenvalue weighted by Crippen LogP contribution is -2.07. The van der Waals surface area contributed by atoms with Crippen LogP contribution in [0.15, 0.2) is 46.9 Å². The highest BCUT2D eigenvalue weighted by atomic mass is 79.9. The number of anilines is 2. The predicted octanol–water partition coefficient (Wildman–Crippen LogP) is 4.33. The van der Waals surface area contributed by atoms with Crippen molar-refractivity contribution in [1.29, 1.82) is 0 Å². The summed E-state index contributed by atoms with van der Waals surface area (Å²) in [6.07, 6.45) is 0. The van der Waals surface area contributed by atoms with Crippen LogP contribution in [0.3, 0.4) is 0 Å². The van der Waals surface area contributed by atoms with Gasteiger partial charge in [0.25, 0.3) is 0 Å². The molecule has 1 amide bonds. The van der Waals surface area contributed by atoms with Gasteiger partial charge in [-0.15, -0.1) is 0 Å². The molecule has 0 radical (unpaired) electrons. The third-order valence-corrected chi connectivity index (χ3v) is 3.48. The number of amides is 1. The van der Waals surface area contributed by atoms with E-state index in [1.54, 1.807) is 0 Å². The largest absolute Gasteiger partial charge is 0.381 e. The van der Waals surface area contributed by atoms with Gasteiger partial charge in [-0.25, -0.2) is 0 Å². The maximum absolute atomic E-state index is 11.1. The standard InChI is InChI=1S/C16H17BrN2O/c1-11-3-8-15(19-12(2)20)9-16(11)18-10-13-4-6-14(17)7-5-13/h3-9,18H,10H2,1-2H3,(H,19,20).